The van der Waals surface area contributed by atoms with Crippen molar-refractivity contribution in [2.75, 3.05) is 4.90 Å². The molecule has 0 saturated carbocycles. The molecule has 0 N–H and O–H groups in total. The molecule has 0 radical (unpaired) electrons. The summed E-state index contributed by atoms with van der Waals surface area (Å²) in [5, 5.41) is 7.80. The van der Waals surface area contributed by atoms with Gasteiger partial charge in [-0.15, -0.1) is 11.3 Å². The van der Waals surface area contributed by atoms with Crippen LogP contribution in [0.25, 0.3) is 52.8 Å². The van der Waals surface area contributed by atoms with Crippen LogP contribution in [0.15, 0.2) is 152 Å². The second kappa shape index (κ2) is 9.37. The molecule has 0 aliphatic rings. The normalized spacial score (nSPS) is 11.5. The summed E-state index contributed by atoms with van der Waals surface area (Å²) in [5.74, 6) is 0. The molecular formula is C38H25NS. The van der Waals surface area contributed by atoms with Crippen LogP contribution < -0.4 is 4.90 Å². The van der Waals surface area contributed by atoms with Gasteiger partial charge in [0.15, 0.2) is 0 Å². The standard InChI is InChI=1S/C38H25NS/c1-2-10-31(11-3-1)39(33-21-16-26-8-4-5-9-28(26)25-33)32-19-14-27(15-20-32)29-17-22-34-30(24-29)18-23-37-38(34)35-12-6-7-13-36(35)40-37/h1-25H. The topological polar surface area (TPSA) is 3.24 Å². The lowest BCUT2D eigenvalue weighted by Gasteiger charge is -2.26. The lowest BCUT2D eigenvalue weighted by molar-refractivity contribution is 1.29. The van der Waals surface area contributed by atoms with Crippen LogP contribution in [0.4, 0.5) is 17.1 Å². The first-order valence-electron chi connectivity index (χ1n) is 13.6. The van der Waals surface area contributed by atoms with Crippen LogP contribution >= 0.6 is 11.3 Å². The van der Waals surface area contributed by atoms with Crippen LogP contribution in [0.3, 0.4) is 0 Å². The van der Waals surface area contributed by atoms with Crippen LogP contribution in [0.1, 0.15) is 0 Å². The summed E-state index contributed by atoms with van der Waals surface area (Å²) in [6.45, 7) is 0. The van der Waals surface area contributed by atoms with Gasteiger partial charge in [0.05, 0.1) is 0 Å². The summed E-state index contributed by atoms with van der Waals surface area (Å²) in [4.78, 5) is 2.33. The minimum atomic E-state index is 1.14. The smallest absolute Gasteiger partial charge is 0.0468 e. The van der Waals surface area contributed by atoms with Crippen LogP contribution in [-0.2, 0) is 0 Å². The second-order valence-corrected chi connectivity index (χ2v) is 11.3. The Morgan fingerprint density at radius 3 is 1.93 bits per heavy atom. The fraction of sp³-hybridized carbons (Fsp3) is 0. The molecule has 0 aliphatic carbocycles. The number of nitrogens with zero attached hydrogens (tertiary/aromatic N) is 1. The SMILES string of the molecule is c1ccc(N(c2ccc(-c3ccc4c(ccc5sc6ccccc6c54)c3)cc2)c2ccc3ccccc3c2)cc1. The van der Waals surface area contributed by atoms with Gasteiger partial charge in [0.2, 0.25) is 0 Å². The van der Waals surface area contributed by atoms with Crippen LogP contribution in [0.2, 0.25) is 0 Å². The van der Waals surface area contributed by atoms with E-state index in [2.05, 4.69) is 157 Å². The molecule has 1 heterocycles. The zero-order chi connectivity index (χ0) is 26.5. The Labute approximate surface area is 237 Å². The average molecular weight is 528 g/mol. The highest BCUT2D eigenvalue weighted by atomic mass is 32.1. The highest BCUT2D eigenvalue weighted by molar-refractivity contribution is 7.26. The number of anilines is 3. The predicted octanol–water partition coefficient (Wildman–Crippen LogP) is 11.5. The quantitative estimate of drug-likeness (QED) is 0.220. The van der Waals surface area contributed by atoms with Crippen molar-refractivity contribution in [2.45, 2.75) is 0 Å². The molecule has 40 heavy (non-hydrogen) atoms. The molecule has 0 amide bonds. The van der Waals surface area contributed by atoms with E-state index in [0.717, 1.165) is 17.1 Å². The Hall–Kier alpha value is -4.92. The third-order valence-electron chi connectivity index (χ3n) is 7.82. The lowest BCUT2D eigenvalue weighted by atomic mass is 9.98. The maximum absolute atomic E-state index is 2.33. The maximum atomic E-state index is 2.33. The Morgan fingerprint density at radius 2 is 1.05 bits per heavy atom. The Bertz CT molecular complexity index is 2160. The Balaban J connectivity index is 1.20. The van der Waals surface area contributed by atoms with E-state index in [-0.39, 0.29) is 0 Å². The van der Waals surface area contributed by atoms with Gasteiger partial charge in [0, 0.05) is 37.2 Å². The van der Waals surface area contributed by atoms with Crippen molar-refractivity contribution in [3.8, 4) is 11.1 Å². The molecule has 7 aromatic carbocycles. The monoisotopic (exact) mass is 527 g/mol. The summed E-state index contributed by atoms with van der Waals surface area (Å²) in [5.41, 5.74) is 5.87. The predicted molar refractivity (Wildman–Crippen MR) is 174 cm³/mol. The van der Waals surface area contributed by atoms with Gasteiger partial charge in [-0.2, -0.15) is 0 Å². The molecule has 0 atom stereocenters. The zero-order valence-electron chi connectivity index (χ0n) is 21.8. The molecule has 2 heteroatoms. The van der Waals surface area contributed by atoms with E-state index in [0.29, 0.717) is 0 Å². The summed E-state index contributed by atoms with van der Waals surface area (Å²) in [6, 6.07) is 54.9. The van der Waals surface area contributed by atoms with Crippen molar-refractivity contribution in [3.05, 3.63) is 152 Å². The molecule has 8 aromatic rings. The van der Waals surface area contributed by atoms with Gasteiger partial charge in [-0.3, -0.25) is 0 Å². The summed E-state index contributed by atoms with van der Waals surface area (Å²) >= 11 is 1.87. The van der Waals surface area contributed by atoms with E-state index >= 15 is 0 Å². The molecule has 1 nitrogen and oxygen atoms in total. The van der Waals surface area contributed by atoms with Crippen molar-refractivity contribution in [1.82, 2.24) is 0 Å². The van der Waals surface area contributed by atoms with Crippen LogP contribution in [0, 0.1) is 0 Å². The largest absolute Gasteiger partial charge is 0.310 e. The molecule has 0 fully saturated rings. The van der Waals surface area contributed by atoms with E-state index in [1.165, 1.54) is 52.8 Å². The lowest BCUT2D eigenvalue weighted by Crippen LogP contribution is -2.09. The van der Waals surface area contributed by atoms with Crippen molar-refractivity contribution in [1.29, 1.82) is 0 Å². The van der Waals surface area contributed by atoms with Gasteiger partial charge in [0.25, 0.3) is 0 Å². The molecule has 8 rings (SSSR count). The highest BCUT2D eigenvalue weighted by Crippen LogP contribution is 2.40. The summed E-state index contributed by atoms with van der Waals surface area (Å²) in [6.07, 6.45) is 0. The highest BCUT2D eigenvalue weighted by Gasteiger charge is 2.14. The van der Waals surface area contributed by atoms with Crippen molar-refractivity contribution < 1.29 is 0 Å². The van der Waals surface area contributed by atoms with Gasteiger partial charge < -0.3 is 4.90 Å². The van der Waals surface area contributed by atoms with E-state index in [4.69, 9.17) is 0 Å². The number of hydrogen-bond acceptors (Lipinski definition) is 2. The number of rotatable bonds is 4. The molecule has 0 aliphatic heterocycles. The number of thiophene rings is 1. The fourth-order valence-corrected chi connectivity index (χ4v) is 7.00. The van der Waals surface area contributed by atoms with Crippen LogP contribution in [0.5, 0.6) is 0 Å². The van der Waals surface area contributed by atoms with Gasteiger partial charge in [-0.1, -0.05) is 97.1 Å². The molecule has 0 unspecified atom stereocenters. The maximum Gasteiger partial charge on any atom is 0.0468 e. The molecule has 0 saturated heterocycles. The van der Waals surface area contributed by atoms with E-state index in [1.807, 2.05) is 11.3 Å². The minimum absolute atomic E-state index is 1.14. The number of benzene rings is 7. The van der Waals surface area contributed by atoms with E-state index < -0.39 is 0 Å². The molecule has 1 aromatic heterocycles. The Kier molecular flexibility index (Phi) is 5.39. The average Bonchev–Trinajstić information content (AvgIpc) is 3.41. The first-order valence-corrected chi connectivity index (χ1v) is 14.4. The zero-order valence-corrected chi connectivity index (χ0v) is 22.6. The number of fused-ring (bicyclic) bond motifs is 6. The second-order valence-electron chi connectivity index (χ2n) is 10.2. The van der Waals surface area contributed by atoms with Crippen molar-refractivity contribution in [2.24, 2.45) is 0 Å². The first kappa shape index (κ1) is 23.0. The first-order chi connectivity index (χ1) is 19.8. The van der Waals surface area contributed by atoms with Gasteiger partial charge >= 0.3 is 0 Å². The van der Waals surface area contributed by atoms with Crippen molar-refractivity contribution >= 4 is 70.1 Å². The third kappa shape index (κ3) is 3.85. The van der Waals surface area contributed by atoms with Gasteiger partial charge in [-0.05, 0) is 87.3 Å². The molecule has 0 bridgehead atoms. The van der Waals surface area contributed by atoms with Gasteiger partial charge in [0.1, 0.15) is 0 Å². The van der Waals surface area contributed by atoms with Gasteiger partial charge in [-0.25, -0.2) is 0 Å². The van der Waals surface area contributed by atoms with E-state index in [9.17, 15) is 0 Å². The minimum Gasteiger partial charge on any atom is -0.310 e. The van der Waals surface area contributed by atoms with E-state index in [1.54, 1.807) is 0 Å². The summed E-state index contributed by atoms with van der Waals surface area (Å²) in [7, 11) is 0. The summed E-state index contributed by atoms with van der Waals surface area (Å²) < 4.78 is 2.69. The molecule has 0 spiro atoms. The fourth-order valence-electron chi connectivity index (χ4n) is 5.88. The number of para-hydroxylation sites is 1. The molecule has 188 valence electrons. The van der Waals surface area contributed by atoms with Crippen molar-refractivity contribution in [3.63, 3.8) is 0 Å². The number of hydrogen-bond donors (Lipinski definition) is 0. The Morgan fingerprint density at radius 1 is 0.375 bits per heavy atom. The molecular weight excluding hydrogens is 502 g/mol. The third-order valence-corrected chi connectivity index (χ3v) is 8.96. The van der Waals surface area contributed by atoms with Crippen LogP contribution in [-0.4, -0.2) is 0 Å².